The summed E-state index contributed by atoms with van der Waals surface area (Å²) in [5.41, 5.74) is 3.17. The molecule has 1 heterocycles. The van der Waals surface area contributed by atoms with Crippen molar-refractivity contribution >= 4 is 24.5 Å². The molecule has 0 aliphatic carbocycles. The Morgan fingerprint density at radius 2 is 1.56 bits per heavy atom. The molecule has 1 amide bonds. The van der Waals surface area contributed by atoms with E-state index in [0.717, 1.165) is 24.8 Å². The van der Waals surface area contributed by atoms with Crippen LogP contribution in [0.2, 0.25) is 11.1 Å². The fourth-order valence-electron chi connectivity index (χ4n) is 5.54. The molecule has 0 saturated carbocycles. The number of rotatable bonds is 10. The molecule has 0 fully saturated rings. The Kier molecular flexibility index (Phi) is 9.26. The SMILES string of the molecule is CCCCc1cc(C(=O)N(C(C)C)C(C)C)ccc1[Si](c1ccccn1)(C(C)C)C(C)C. The molecular formula is C28H44N2OSi. The van der Waals surface area contributed by atoms with Gasteiger partial charge >= 0.3 is 0 Å². The maximum Gasteiger partial charge on any atom is 0.254 e. The van der Waals surface area contributed by atoms with Gasteiger partial charge in [-0.3, -0.25) is 9.78 Å². The second kappa shape index (κ2) is 11.3. The van der Waals surface area contributed by atoms with Crippen LogP contribution in [-0.2, 0) is 6.42 Å². The van der Waals surface area contributed by atoms with Crippen LogP contribution in [0, 0.1) is 0 Å². The first-order valence-corrected chi connectivity index (χ1v) is 14.6. The number of unbranched alkanes of at least 4 members (excludes halogenated alkanes) is 1. The lowest BCUT2D eigenvalue weighted by molar-refractivity contribution is 0.0643. The number of hydrogen-bond donors (Lipinski definition) is 0. The third-order valence-corrected chi connectivity index (χ3v) is 13.0. The Morgan fingerprint density at radius 3 is 2.03 bits per heavy atom. The first-order chi connectivity index (χ1) is 15.1. The molecule has 0 unspecified atom stereocenters. The molecule has 176 valence electrons. The van der Waals surface area contributed by atoms with Crippen LogP contribution in [0.15, 0.2) is 42.6 Å². The van der Waals surface area contributed by atoms with Gasteiger partial charge in [-0.15, -0.1) is 0 Å². The van der Waals surface area contributed by atoms with Crippen LogP contribution in [0.5, 0.6) is 0 Å². The number of aryl methyl sites for hydroxylation is 1. The van der Waals surface area contributed by atoms with Crippen LogP contribution in [0.4, 0.5) is 0 Å². The first kappa shape index (κ1) is 26.3. The second-order valence-electron chi connectivity index (χ2n) is 10.3. The fourth-order valence-corrected chi connectivity index (χ4v) is 11.3. The Balaban J connectivity index is 2.74. The van der Waals surface area contributed by atoms with Crippen LogP contribution in [0.25, 0.3) is 0 Å². The summed E-state index contributed by atoms with van der Waals surface area (Å²) in [4.78, 5) is 20.4. The van der Waals surface area contributed by atoms with E-state index in [1.54, 1.807) is 0 Å². The first-order valence-electron chi connectivity index (χ1n) is 12.5. The van der Waals surface area contributed by atoms with E-state index in [0.29, 0.717) is 11.1 Å². The average Bonchev–Trinajstić information content (AvgIpc) is 2.73. The van der Waals surface area contributed by atoms with Crippen molar-refractivity contribution in [3.8, 4) is 0 Å². The van der Waals surface area contributed by atoms with Gasteiger partial charge in [0, 0.05) is 29.2 Å². The molecule has 32 heavy (non-hydrogen) atoms. The van der Waals surface area contributed by atoms with E-state index >= 15 is 0 Å². The van der Waals surface area contributed by atoms with E-state index in [4.69, 9.17) is 4.98 Å². The zero-order valence-electron chi connectivity index (χ0n) is 21.8. The van der Waals surface area contributed by atoms with Crippen LogP contribution in [0.1, 0.15) is 91.1 Å². The van der Waals surface area contributed by atoms with Crippen molar-refractivity contribution in [3.63, 3.8) is 0 Å². The van der Waals surface area contributed by atoms with Crippen molar-refractivity contribution in [2.24, 2.45) is 0 Å². The molecule has 4 heteroatoms. The summed E-state index contributed by atoms with van der Waals surface area (Å²) in [6, 6.07) is 13.3. The average molecular weight is 453 g/mol. The number of amides is 1. The zero-order chi connectivity index (χ0) is 24.1. The molecule has 0 aliphatic heterocycles. The van der Waals surface area contributed by atoms with Gasteiger partial charge in [0.25, 0.3) is 5.91 Å². The molecule has 0 atom stereocenters. The predicted octanol–water partition coefficient (Wildman–Crippen LogP) is 6.07. The molecular weight excluding hydrogens is 408 g/mol. The quantitative estimate of drug-likeness (QED) is 0.410. The fraction of sp³-hybridized carbons (Fsp3) is 0.571. The number of carbonyl (C=O) groups excluding carboxylic acids is 1. The minimum Gasteiger partial charge on any atom is -0.334 e. The summed E-state index contributed by atoms with van der Waals surface area (Å²) < 4.78 is 0. The standard InChI is InChI=1S/C28H44N2OSi/c1-10-11-14-24-19-25(28(31)30(20(2)3)21(4)5)16-17-26(24)32(22(6)7,23(8)9)27-15-12-13-18-29-27/h12-13,15-23H,10-11,14H2,1-9H3. The van der Waals surface area contributed by atoms with Gasteiger partial charge in [0.1, 0.15) is 8.07 Å². The highest BCUT2D eigenvalue weighted by atomic mass is 28.3. The topological polar surface area (TPSA) is 33.2 Å². The molecule has 0 spiro atoms. The van der Waals surface area contributed by atoms with Crippen LogP contribution < -0.4 is 10.5 Å². The summed E-state index contributed by atoms with van der Waals surface area (Å²) in [5.74, 6) is 0.137. The third-order valence-electron chi connectivity index (χ3n) is 6.85. The summed E-state index contributed by atoms with van der Waals surface area (Å²) >= 11 is 0. The number of carbonyl (C=O) groups is 1. The van der Waals surface area contributed by atoms with E-state index in [-0.39, 0.29) is 18.0 Å². The van der Waals surface area contributed by atoms with Gasteiger partial charge in [0.15, 0.2) is 0 Å². The van der Waals surface area contributed by atoms with Gasteiger partial charge in [-0.1, -0.05) is 53.2 Å². The molecule has 1 aromatic heterocycles. The largest absolute Gasteiger partial charge is 0.334 e. The smallest absolute Gasteiger partial charge is 0.254 e. The van der Waals surface area contributed by atoms with Crippen LogP contribution >= 0.6 is 0 Å². The molecule has 2 aromatic rings. The molecule has 0 aliphatic rings. The van der Waals surface area contributed by atoms with Crippen molar-refractivity contribution in [3.05, 3.63) is 53.7 Å². The second-order valence-corrected chi connectivity index (χ2v) is 15.4. The molecule has 0 N–H and O–H groups in total. The highest BCUT2D eigenvalue weighted by Gasteiger charge is 2.46. The molecule has 0 saturated heterocycles. The lowest BCUT2D eigenvalue weighted by atomic mass is 10.0. The van der Waals surface area contributed by atoms with E-state index in [1.165, 1.54) is 16.1 Å². The third kappa shape index (κ3) is 5.17. The van der Waals surface area contributed by atoms with Crippen molar-refractivity contribution in [1.82, 2.24) is 9.88 Å². The van der Waals surface area contributed by atoms with Gasteiger partial charge in [0.2, 0.25) is 0 Å². The molecule has 0 radical (unpaired) electrons. The summed E-state index contributed by atoms with van der Waals surface area (Å²) in [6.45, 7) is 20.1. The van der Waals surface area contributed by atoms with E-state index in [9.17, 15) is 4.79 Å². The number of benzene rings is 1. The number of nitrogens with zero attached hydrogens (tertiary/aromatic N) is 2. The van der Waals surface area contributed by atoms with E-state index < -0.39 is 8.07 Å². The van der Waals surface area contributed by atoms with E-state index in [1.807, 2.05) is 17.2 Å². The van der Waals surface area contributed by atoms with Gasteiger partial charge in [-0.25, -0.2) is 0 Å². The van der Waals surface area contributed by atoms with Crippen molar-refractivity contribution in [1.29, 1.82) is 0 Å². The summed E-state index contributed by atoms with van der Waals surface area (Å²) in [7, 11) is -2.16. The summed E-state index contributed by atoms with van der Waals surface area (Å²) in [6.07, 6.45) is 5.22. The van der Waals surface area contributed by atoms with Crippen LogP contribution in [0.3, 0.4) is 0 Å². The van der Waals surface area contributed by atoms with Gasteiger partial charge in [-0.05, 0) is 86.6 Å². The molecule has 2 rings (SSSR count). The Hall–Kier alpha value is -1.94. The highest BCUT2D eigenvalue weighted by molar-refractivity contribution is 7.03. The normalized spacial score (nSPS) is 12.3. The maximum atomic E-state index is 13.5. The lowest BCUT2D eigenvalue weighted by Crippen LogP contribution is -2.64. The molecule has 3 nitrogen and oxygen atoms in total. The maximum absolute atomic E-state index is 13.5. The molecule has 0 bridgehead atoms. The van der Waals surface area contributed by atoms with Crippen molar-refractivity contribution in [2.75, 3.05) is 0 Å². The lowest BCUT2D eigenvalue weighted by Gasteiger charge is -2.41. The predicted molar refractivity (Wildman–Crippen MR) is 141 cm³/mol. The van der Waals surface area contributed by atoms with Crippen LogP contribution in [-0.4, -0.2) is 35.9 Å². The Labute approximate surface area is 197 Å². The van der Waals surface area contributed by atoms with Crippen molar-refractivity contribution in [2.45, 2.75) is 105 Å². The van der Waals surface area contributed by atoms with E-state index in [2.05, 4.69) is 92.6 Å². The van der Waals surface area contributed by atoms with Crippen molar-refractivity contribution < 1.29 is 4.79 Å². The zero-order valence-corrected chi connectivity index (χ0v) is 22.8. The van der Waals surface area contributed by atoms with Gasteiger partial charge in [-0.2, -0.15) is 0 Å². The minimum absolute atomic E-state index is 0.137. The Morgan fingerprint density at radius 1 is 0.938 bits per heavy atom. The highest BCUT2D eigenvalue weighted by Crippen LogP contribution is 2.33. The molecule has 1 aromatic carbocycles. The Bertz CT molecular complexity index is 858. The number of pyridine rings is 1. The minimum atomic E-state index is -2.16. The monoisotopic (exact) mass is 452 g/mol. The van der Waals surface area contributed by atoms with Gasteiger partial charge in [0.05, 0.1) is 0 Å². The van der Waals surface area contributed by atoms with Gasteiger partial charge < -0.3 is 4.90 Å². The summed E-state index contributed by atoms with van der Waals surface area (Å²) in [5, 5.41) is 2.72. The number of aromatic nitrogens is 1. The number of hydrogen-bond acceptors (Lipinski definition) is 2.